The number of amides is 2. The number of aromatic nitrogens is 2. The highest BCUT2D eigenvalue weighted by Gasteiger charge is 2.33. The van der Waals surface area contributed by atoms with Crippen LogP contribution in [0.1, 0.15) is 17.5 Å². The van der Waals surface area contributed by atoms with Crippen molar-refractivity contribution >= 4 is 17.8 Å². The van der Waals surface area contributed by atoms with Gasteiger partial charge < -0.3 is 10.1 Å². The number of nitrogens with zero attached hydrogens (tertiary/aromatic N) is 3. The minimum absolute atomic E-state index is 0.0449. The molecular formula is C18H22N4O3. The molecule has 2 amide bonds. The number of cyclic esters (lactones) is 1. The van der Waals surface area contributed by atoms with E-state index in [0.29, 0.717) is 31.7 Å². The average Bonchev–Trinajstić information content (AvgIpc) is 3.16. The highest BCUT2D eigenvalue weighted by Crippen LogP contribution is 2.20. The maximum Gasteiger partial charge on any atom is 0.416 e. The Morgan fingerprint density at radius 1 is 1.40 bits per heavy atom. The van der Waals surface area contributed by atoms with Gasteiger partial charge in [-0.15, -0.1) is 0 Å². The van der Waals surface area contributed by atoms with Crippen molar-refractivity contribution in [3.05, 3.63) is 47.7 Å². The highest BCUT2D eigenvalue weighted by atomic mass is 16.6. The first-order valence-corrected chi connectivity index (χ1v) is 8.31. The molecule has 2 heterocycles. The average molecular weight is 342 g/mol. The molecule has 1 aromatic heterocycles. The van der Waals surface area contributed by atoms with E-state index < -0.39 is 6.09 Å². The van der Waals surface area contributed by atoms with Crippen molar-refractivity contribution in [3.8, 4) is 0 Å². The minimum atomic E-state index is -0.414. The van der Waals surface area contributed by atoms with Crippen LogP contribution in [-0.4, -0.2) is 41.0 Å². The number of hydrogen-bond donors (Lipinski definition) is 1. The van der Waals surface area contributed by atoms with E-state index in [1.807, 2.05) is 25.1 Å². The zero-order chi connectivity index (χ0) is 17.8. The van der Waals surface area contributed by atoms with Crippen LogP contribution in [0.4, 0.5) is 10.6 Å². The fourth-order valence-electron chi connectivity index (χ4n) is 2.89. The normalized spacial score (nSPS) is 16.8. The Bertz CT molecular complexity index is 771. The molecule has 1 unspecified atom stereocenters. The fraction of sp³-hybridized carbons (Fsp3) is 0.389. The third kappa shape index (κ3) is 4.17. The molecular weight excluding hydrogens is 320 g/mol. The van der Waals surface area contributed by atoms with Gasteiger partial charge in [-0.3, -0.25) is 14.4 Å². The van der Waals surface area contributed by atoms with E-state index in [1.165, 1.54) is 10.5 Å². The van der Waals surface area contributed by atoms with Crippen molar-refractivity contribution in [1.82, 2.24) is 15.1 Å². The van der Waals surface area contributed by atoms with Crippen LogP contribution in [0.25, 0.3) is 0 Å². The van der Waals surface area contributed by atoms with E-state index in [1.54, 1.807) is 24.0 Å². The van der Waals surface area contributed by atoms with E-state index in [9.17, 15) is 9.59 Å². The second kappa shape index (κ2) is 7.38. The first-order valence-electron chi connectivity index (χ1n) is 8.31. The van der Waals surface area contributed by atoms with Gasteiger partial charge in [-0.2, -0.15) is 5.10 Å². The van der Waals surface area contributed by atoms with E-state index in [2.05, 4.69) is 16.5 Å². The summed E-state index contributed by atoms with van der Waals surface area (Å²) in [7, 11) is 1.77. The molecule has 1 saturated heterocycles. The van der Waals surface area contributed by atoms with Gasteiger partial charge in [0, 0.05) is 19.5 Å². The number of aryl methyl sites for hydroxylation is 3. The van der Waals surface area contributed by atoms with Gasteiger partial charge >= 0.3 is 6.09 Å². The molecule has 1 fully saturated rings. The summed E-state index contributed by atoms with van der Waals surface area (Å²) in [6.07, 6.45) is 1.96. The number of anilines is 1. The topological polar surface area (TPSA) is 76.5 Å². The molecule has 0 aliphatic carbocycles. The second-order valence-electron chi connectivity index (χ2n) is 6.22. The van der Waals surface area contributed by atoms with Crippen molar-refractivity contribution < 1.29 is 14.3 Å². The number of carbonyl (C=O) groups excluding carboxylic acids is 2. The molecule has 1 aliphatic heterocycles. The van der Waals surface area contributed by atoms with Gasteiger partial charge in [-0.25, -0.2) is 4.79 Å². The van der Waals surface area contributed by atoms with E-state index >= 15 is 0 Å². The van der Waals surface area contributed by atoms with Crippen molar-refractivity contribution in [2.45, 2.75) is 25.9 Å². The summed E-state index contributed by atoms with van der Waals surface area (Å²) >= 11 is 0. The van der Waals surface area contributed by atoms with Crippen LogP contribution in [0.3, 0.4) is 0 Å². The summed E-state index contributed by atoms with van der Waals surface area (Å²) in [6.45, 7) is 2.75. The Morgan fingerprint density at radius 3 is 2.96 bits per heavy atom. The number of benzene rings is 1. The van der Waals surface area contributed by atoms with E-state index in [-0.39, 0.29) is 12.0 Å². The second-order valence-corrected chi connectivity index (χ2v) is 6.22. The van der Waals surface area contributed by atoms with Crippen LogP contribution >= 0.6 is 0 Å². The van der Waals surface area contributed by atoms with Crippen LogP contribution in [0.5, 0.6) is 0 Å². The minimum Gasteiger partial charge on any atom is -0.442 e. The Hall–Kier alpha value is -2.83. The van der Waals surface area contributed by atoms with Crippen molar-refractivity contribution in [2.24, 2.45) is 7.05 Å². The lowest BCUT2D eigenvalue weighted by molar-refractivity contribution is -0.121. The smallest absolute Gasteiger partial charge is 0.416 e. The lowest BCUT2D eigenvalue weighted by Crippen LogP contribution is -2.35. The molecule has 7 heteroatoms. The summed E-state index contributed by atoms with van der Waals surface area (Å²) in [5.74, 6) is 0.634. The summed E-state index contributed by atoms with van der Waals surface area (Å²) in [6, 6.07) is 9.88. The summed E-state index contributed by atoms with van der Waals surface area (Å²) < 4.78 is 6.93. The molecule has 0 radical (unpaired) electrons. The standard InChI is InChI=1S/C18H22N4O3/c1-13-4-3-5-14(10-13)6-7-16(23)19-11-15-12-22(18(24)25-15)17-8-9-20-21(17)2/h3-5,8-10,15H,6-7,11-12H2,1-2H3,(H,19,23). The molecule has 1 atom stereocenters. The van der Waals surface area contributed by atoms with Gasteiger partial charge in [0.2, 0.25) is 5.91 Å². The molecule has 2 aromatic rings. The quantitative estimate of drug-likeness (QED) is 0.868. The number of ether oxygens (including phenoxy) is 1. The molecule has 1 aromatic carbocycles. The van der Waals surface area contributed by atoms with E-state index in [0.717, 1.165) is 5.56 Å². The third-order valence-electron chi connectivity index (χ3n) is 4.20. The fourth-order valence-corrected chi connectivity index (χ4v) is 2.89. The number of hydrogen-bond acceptors (Lipinski definition) is 4. The Balaban J connectivity index is 1.45. The van der Waals surface area contributed by atoms with Crippen molar-refractivity contribution in [2.75, 3.05) is 18.0 Å². The monoisotopic (exact) mass is 342 g/mol. The predicted molar refractivity (Wildman–Crippen MR) is 93.3 cm³/mol. The molecule has 0 saturated carbocycles. The zero-order valence-electron chi connectivity index (χ0n) is 14.4. The first-order chi connectivity index (χ1) is 12.0. The van der Waals surface area contributed by atoms with Gasteiger partial charge in [0.1, 0.15) is 11.9 Å². The van der Waals surface area contributed by atoms with Crippen LogP contribution in [-0.2, 0) is 23.0 Å². The summed E-state index contributed by atoms with van der Waals surface area (Å²) in [5, 5.41) is 6.90. The maximum atomic E-state index is 12.0. The molecule has 0 bridgehead atoms. The van der Waals surface area contributed by atoms with Gasteiger partial charge in [0.15, 0.2) is 0 Å². The predicted octanol–water partition coefficient (Wildman–Crippen LogP) is 1.80. The lowest BCUT2D eigenvalue weighted by Gasteiger charge is -2.12. The van der Waals surface area contributed by atoms with Crippen LogP contribution in [0.2, 0.25) is 0 Å². The highest BCUT2D eigenvalue weighted by molar-refractivity contribution is 5.88. The molecule has 3 rings (SSSR count). The van der Waals surface area contributed by atoms with Crippen LogP contribution in [0, 0.1) is 6.92 Å². The SMILES string of the molecule is Cc1cccc(CCC(=O)NCC2CN(c3ccnn3C)C(=O)O2)c1. The third-order valence-corrected chi connectivity index (χ3v) is 4.20. The molecule has 0 spiro atoms. The Labute approximate surface area is 146 Å². The van der Waals surface area contributed by atoms with Gasteiger partial charge in [0.25, 0.3) is 0 Å². The largest absolute Gasteiger partial charge is 0.442 e. The maximum absolute atomic E-state index is 12.0. The Kier molecular flexibility index (Phi) is 5.02. The number of nitrogens with one attached hydrogen (secondary N) is 1. The molecule has 1 N–H and O–H groups in total. The van der Waals surface area contributed by atoms with Crippen molar-refractivity contribution in [3.63, 3.8) is 0 Å². The van der Waals surface area contributed by atoms with E-state index in [4.69, 9.17) is 4.74 Å². The first kappa shape index (κ1) is 17.0. The molecule has 7 nitrogen and oxygen atoms in total. The van der Waals surface area contributed by atoms with Crippen LogP contribution < -0.4 is 10.2 Å². The van der Waals surface area contributed by atoms with Crippen molar-refractivity contribution in [1.29, 1.82) is 0 Å². The lowest BCUT2D eigenvalue weighted by atomic mass is 10.1. The number of carbonyl (C=O) groups is 2. The number of rotatable bonds is 6. The summed E-state index contributed by atoms with van der Waals surface area (Å²) in [4.78, 5) is 25.5. The Morgan fingerprint density at radius 2 is 2.24 bits per heavy atom. The van der Waals surface area contributed by atoms with Gasteiger partial charge in [-0.1, -0.05) is 29.8 Å². The van der Waals surface area contributed by atoms with Crippen LogP contribution in [0.15, 0.2) is 36.5 Å². The molecule has 25 heavy (non-hydrogen) atoms. The van der Waals surface area contributed by atoms with Gasteiger partial charge in [-0.05, 0) is 18.9 Å². The zero-order valence-corrected chi connectivity index (χ0v) is 14.4. The molecule has 132 valence electrons. The van der Waals surface area contributed by atoms with Gasteiger partial charge in [0.05, 0.1) is 19.3 Å². The summed E-state index contributed by atoms with van der Waals surface area (Å²) in [5.41, 5.74) is 2.33. The molecule has 1 aliphatic rings.